The summed E-state index contributed by atoms with van der Waals surface area (Å²) >= 11 is 10.2. The molecular formula is C22H16ClNO2S3. The van der Waals surface area contributed by atoms with Crippen molar-refractivity contribution in [3.63, 3.8) is 0 Å². The molecule has 0 saturated carbocycles. The Morgan fingerprint density at radius 3 is 2.45 bits per heavy atom. The number of thiophene rings is 1. The Morgan fingerprint density at radius 1 is 1.00 bits per heavy atom. The maximum Gasteiger partial charge on any atom is 0.293 e. The first-order valence-electron chi connectivity index (χ1n) is 8.82. The standard InChI is InChI=1S/C22H16ClNO2S3/c1-14-2-4-15(5-3-14)13-24-21(25)19(29-22(24)26)12-18-10-11-20(28-18)27-17-8-6-16(23)7-9-17/h2-12H,13H2,1H3/b19-12-. The minimum atomic E-state index is -0.235. The number of halogens is 1. The molecule has 0 unspecified atom stereocenters. The van der Waals surface area contributed by atoms with Gasteiger partial charge in [-0.25, -0.2) is 0 Å². The zero-order chi connectivity index (χ0) is 20.4. The van der Waals surface area contributed by atoms with Crippen LogP contribution < -0.4 is 0 Å². The predicted molar refractivity (Wildman–Crippen MR) is 123 cm³/mol. The molecule has 1 fully saturated rings. The van der Waals surface area contributed by atoms with Crippen molar-refractivity contribution in [3.8, 4) is 0 Å². The second-order valence-electron chi connectivity index (χ2n) is 6.47. The molecule has 3 aromatic rings. The predicted octanol–water partition coefficient (Wildman–Crippen LogP) is 7.10. The number of thioether (sulfide) groups is 1. The van der Waals surface area contributed by atoms with E-state index in [2.05, 4.69) is 0 Å². The molecule has 3 nitrogen and oxygen atoms in total. The van der Waals surface area contributed by atoms with Crippen LogP contribution in [0.1, 0.15) is 16.0 Å². The van der Waals surface area contributed by atoms with E-state index in [1.54, 1.807) is 29.2 Å². The number of nitrogens with zero attached hydrogens (tertiary/aromatic N) is 1. The van der Waals surface area contributed by atoms with Crippen LogP contribution in [0.25, 0.3) is 6.08 Å². The molecule has 0 atom stereocenters. The quantitative estimate of drug-likeness (QED) is 0.383. The first-order valence-corrected chi connectivity index (χ1v) is 11.6. The summed E-state index contributed by atoms with van der Waals surface area (Å²) in [6, 6.07) is 19.5. The van der Waals surface area contributed by atoms with Crippen molar-refractivity contribution in [1.82, 2.24) is 4.90 Å². The Morgan fingerprint density at radius 2 is 1.72 bits per heavy atom. The van der Waals surface area contributed by atoms with Gasteiger partial charge in [-0.1, -0.05) is 53.2 Å². The lowest BCUT2D eigenvalue weighted by Gasteiger charge is -2.12. The molecule has 146 valence electrons. The van der Waals surface area contributed by atoms with E-state index in [9.17, 15) is 9.59 Å². The summed E-state index contributed by atoms with van der Waals surface area (Å²) in [4.78, 5) is 28.9. The summed E-state index contributed by atoms with van der Waals surface area (Å²) in [5, 5.41) is 0.483. The maximum absolute atomic E-state index is 12.7. The van der Waals surface area contributed by atoms with Gasteiger partial charge in [-0.3, -0.25) is 14.5 Å². The first kappa shape index (κ1) is 20.3. The fourth-order valence-corrected chi connectivity index (χ4v) is 5.82. The molecule has 29 heavy (non-hydrogen) atoms. The van der Waals surface area contributed by atoms with Gasteiger partial charge in [0, 0.05) is 14.8 Å². The topological polar surface area (TPSA) is 37.4 Å². The Kier molecular flexibility index (Phi) is 6.15. The van der Waals surface area contributed by atoms with Crippen LogP contribution in [0.2, 0.25) is 5.02 Å². The van der Waals surface area contributed by atoms with E-state index in [1.807, 2.05) is 67.6 Å². The third-order valence-corrected chi connectivity index (χ3v) is 7.57. The number of hydrogen-bond acceptors (Lipinski definition) is 5. The van der Waals surface area contributed by atoms with Crippen molar-refractivity contribution in [2.45, 2.75) is 22.6 Å². The zero-order valence-corrected chi connectivity index (χ0v) is 18.6. The Bertz CT molecular complexity index is 1090. The minimum Gasteiger partial charge on any atom is -0.268 e. The first-order chi connectivity index (χ1) is 14.0. The molecule has 1 aromatic heterocycles. The lowest BCUT2D eigenvalue weighted by molar-refractivity contribution is -0.123. The average Bonchev–Trinajstić information content (AvgIpc) is 3.25. The van der Waals surface area contributed by atoms with Gasteiger partial charge in [-0.05, 0) is 66.7 Å². The molecule has 1 aliphatic rings. The lowest BCUT2D eigenvalue weighted by atomic mass is 10.1. The zero-order valence-electron chi connectivity index (χ0n) is 15.4. The number of benzene rings is 2. The number of amides is 2. The highest BCUT2D eigenvalue weighted by Gasteiger charge is 2.35. The van der Waals surface area contributed by atoms with Gasteiger partial charge in [0.05, 0.1) is 15.7 Å². The van der Waals surface area contributed by atoms with Crippen LogP contribution in [0.4, 0.5) is 4.79 Å². The SMILES string of the molecule is Cc1ccc(CN2C(=O)S/C(=C\c3ccc(Sc4ccc(Cl)cc4)s3)C2=O)cc1. The molecule has 2 aromatic carbocycles. The molecular weight excluding hydrogens is 442 g/mol. The highest BCUT2D eigenvalue weighted by Crippen LogP contribution is 2.38. The second kappa shape index (κ2) is 8.79. The Hall–Kier alpha value is -1.99. The van der Waals surface area contributed by atoms with Crippen LogP contribution >= 0.6 is 46.5 Å². The molecule has 4 rings (SSSR count). The number of hydrogen-bond donors (Lipinski definition) is 0. The van der Waals surface area contributed by atoms with Gasteiger partial charge in [0.1, 0.15) is 0 Å². The van der Waals surface area contributed by atoms with Crippen LogP contribution in [-0.4, -0.2) is 16.0 Å². The van der Waals surface area contributed by atoms with Crippen molar-refractivity contribution in [3.05, 3.63) is 86.6 Å². The fraction of sp³-hybridized carbons (Fsp3) is 0.0909. The molecule has 7 heteroatoms. The number of carbonyl (C=O) groups is 2. The van der Waals surface area contributed by atoms with Crippen LogP contribution in [0, 0.1) is 6.92 Å². The van der Waals surface area contributed by atoms with E-state index in [0.29, 0.717) is 16.5 Å². The maximum atomic E-state index is 12.7. The summed E-state index contributed by atoms with van der Waals surface area (Å²) in [6.45, 7) is 2.30. The van der Waals surface area contributed by atoms with Gasteiger partial charge in [0.2, 0.25) is 0 Å². The molecule has 2 heterocycles. The molecule has 0 N–H and O–H groups in total. The number of carbonyl (C=O) groups excluding carboxylic acids is 2. The lowest BCUT2D eigenvalue weighted by Crippen LogP contribution is -2.27. The number of imide groups is 1. The fourth-order valence-electron chi connectivity index (χ4n) is 2.73. The molecule has 0 bridgehead atoms. The third-order valence-electron chi connectivity index (χ3n) is 4.24. The summed E-state index contributed by atoms with van der Waals surface area (Å²) in [5.41, 5.74) is 2.09. The van der Waals surface area contributed by atoms with Gasteiger partial charge >= 0.3 is 0 Å². The summed E-state index contributed by atoms with van der Waals surface area (Å²) in [7, 11) is 0. The minimum absolute atomic E-state index is 0.228. The van der Waals surface area contributed by atoms with E-state index < -0.39 is 0 Å². The summed E-state index contributed by atoms with van der Waals surface area (Å²) < 4.78 is 1.11. The highest BCUT2D eigenvalue weighted by molar-refractivity contribution is 8.18. The van der Waals surface area contributed by atoms with Crippen LogP contribution in [-0.2, 0) is 11.3 Å². The number of rotatable bonds is 5. The molecule has 0 aliphatic carbocycles. The molecule has 1 saturated heterocycles. The van der Waals surface area contributed by atoms with E-state index in [1.165, 1.54) is 4.90 Å². The van der Waals surface area contributed by atoms with E-state index in [4.69, 9.17) is 11.6 Å². The molecule has 0 radical (unpaired) electrons. The Labute approximate surface area is 186 Å². The third kappa shape index (κ3) is 4.95. The smallest absolute Gasteiger partial charge is 0.268 e. The van der Waals surface area contributed by atoms with Crippen molar-refractivity contribution in [2.75, 3.05) is 0 Å². The normalized spacial score (nSPS) is 15.5. The van der Waals surface area contributed by atoms with Gasteiger partial charge in [0.25, 0.3) is 11.1 Å². The van der Waals surface area contributed by atoms with Crippen molar-refractivity contribution in [2.24, 2.45) is 0 Å². The van der Waals surface area contributed by atoms with Crippen LogP contribution in [0.3, 0.4) is 0 Å². The van der Waals surface area contributed by atoms with Gasteiger partial charge in [0.15, 0.2) is 0 Å². The second-order valence-corrected chi connectivity index (χ2v) is 10.4. The van der Waals surface area contributed by atoms with Crippen molar-refractivity contribution in [1.29, 1.82) is 0 Å². The van der Waals surface area contributed by atoms with E-state index >= 15 is 0 Å². The summed E-state index contributed by atoms with van der Waals surface area (Å²) in [5.74, 6) is -0.235. The summed E-state index contributed by atoms with van der Waals surface area (Å²) in [6.07, 6.45) is 1.80. The molecule has 0 spiro atoms. The molecule has 2 amide bonds. The van der Waals surface area contributed by atoms with Crippen LogP contribution in [0.15, 0.2) is 74.7 Å². The van der Waals surface area contributed by atoms with E-state index in [-0.39, 0.29) is 11.1 Å². The van der Waals surface area contributed by atoms with Crippen molar-refractivity contribution >= 4 is 63.7 Å². The van der Waals surface area contributed by atoms with E-state index in [0.717, 1.165) is 36.9 Å². The van der Waals surface area contributed by atoms with Gasteiger partial charge in [-0.15, -0.1) is 11.3 Å². The van der Waals surface area contributed by atoms with Gasteiger partial charge < -0.3 is 0 Å². The largest absolute Gasteiger partial charge is 0.293 e. The Balaban J connectivity index is 1.46. The monoisotopic (exact) mass is 457 g/mol. The molecule has 1 aliphatic heterocycles. The van der Waals surface area contributed by atoms with Gasteiger partial charge in [-0.2, -0.15) is 0 Å². The highest BCUT2D eigenvalue weighted by atomic mass is 35.5. The average molecular weight is 458 g/mol. The van der Waals surface area contributed by atoms with Crippen LogP contribution in [0.5, 0.6) is 0 Å². The number of aryl methyl sites for hydroxylation is 1. The van der Waals surface area contributed by atoms with Crippen molar-refractivity contribution < 1.29 is 9.59 Å².